The molecule has 0 spiro atoms. The van der Waals surface area contributed by atoms with Crippen molar-refractivity contribution in [2.24, 2.45) is 0 Å². The highest BCUT2D eigenvalue weighted by Crippen LogP contribution is 2.24. The van der Waals surface area contributed by atoms with Crippen LogP contribution in [-0.2, 0) is 4.74 Å². The molecular weight excluding hydrogens is 150 g/mol. The van der Waals surface area contributed by atoms with E-state index in [2.05, 4.69) is 17.1 Å². The molecule has 2 heteroatoms. The molecule has 2 heterocycles. The monoisotopic (exact) mass is 163 g/mol. The molecule has 2 nitrogen and oxygen atoms in total. The Hall–Kier alpha value is -0.890. The molecule has 12 heavy (non-hydrogen) atoms. The van der Waals surface area contributed by atoms with E-state index in [1.807, 2.05) is 12.3 Å². The van der Waals surface area contributed by atoms with Gasteiger partial charge in [-0.05, 0) is 25.0 Å². The molecule has 0 radical (unpaired) electrons. The molecule has 1 saturated heterocycles. The lowest BCUT2D eigenvalue weighted by atomic mass is 9.96. The van der Waals surface area contributed by atoms with Crippen LogP contribution >= 0.6 is 0 Å². The van der Waals surface area contributed by atoms with Crippen LogP contribution < -0.4 is 0 Å². The average Bonchev–Trinajstić information content (AvgIpc) is 2.21. The first-order valence-electron chi connectivity index (χ1n) is 4.45. The van der Waals surface area contributed by atoms with E-state index in [0.717, 1.165) is 26.1 Å². The average molecular weight is 163 g/mol. The van der Waals surface area contributed by atoms with Crippen molar-refractivity contribution >= 4 is 0 Å². The molecule has 0 saturated carbocycles. The van der Waals surface area contributed by atoms with Crippen LogP contribution in [0.5, 0.6) is 0 Å². The molecule has 0 atom stereocenters. The number of pyridine rings is 1. The highest BCUT2D eigenvalue weighted by molar-refractivity contribution is 5.09. The fourth-order valence-corrected chi connectivity index (χ4v) is 1.61. The molecule has 0 N–H and O–H groups in total. The van der Waals surface area contributed by atoms with Gasteiger partial charge >= 0.3 is 0 Å². The van der Waals surface area contributed by atoms with Gasteiger partial charge in [-0.3, -0.25) is 4.98 Å². The van der Waals surface area contributed by atoms with Crippen LogP contribution in [0.3, 0.4) is 0 Å². The van der Waals surface area contributed by atoms with E-state index in [0.29, 0.717) is 5.92 Å². The van der Waals surface area contributed by atoms with Gasteiger partial charge in [-0.25, -0.2) is 0 Å². The number of hydrogen-bond acceptors (Lipinski definition) is 2. The van der Waals surface area contributed by atoms with Crippen LogP contribution in [0.2, 0.25) is 0 Å². The molecule has 1 fully saturated rings. The summed E-state index contributed by atoms with van der Waals surface area (Å²) < 4.78 is 5.29. The van der Waals surface area contributed by atoms with Gasteiger partial charge in [0.2, 0.25) is 0 Å². The summed E-state index contributed by atoms with van der Waals surface area (Å²) in [5.74, 6) is 0.625. The van der Waals surface area contributed by atoms with Gasteiger partial charge in [-0.15, -0.1) is 0 Å². The molecule has 1 aliphatic heterocycles. The molecule has 0 bridgehead atoms. The molecule has 0 unspecified atom stereocenters. The lowest BCUT2D eigenvalue weighted by Crippen LogP contribution is -2.14. The number of rotatable bonds is 1. The summed E-state index contributed by atoms with van der Waals surface area (Å²) >= 11 is 0. The lowest BCUT2D eigenvalue weighted by Gasteiger charge is -2.21. The van der Waals surface area contributed by atoms with E-state index >= 15 is 0 Å². The van der Waals surface area contributed by atoms with E-state index in [-0.39, 0.29) is 0 Å². The fourth-order valence-electron chi connectivity index (χ4n) is 1.61. The van der Waals surface area contributed by atoms with Gasteiger partial charge < -0.3 is 4.74 Å². The van der Waals surface area contributed by atoms with E-state index in [1.165, 1.54) is 5.69 Å². The van der Waals surface area contributed by atoms with E-state index < -0.39 is 0 Å². The van der Waals surface area contributed by atoms with E-state index in [1.54, 1.807) is 0 Å². The minimum atomic E-state index is 0.625. The third kappa shape index (κ3) is 1.64. The molecule has 1 aromatic rings. The highest BCUT2D eigenvalue weighted by atomic mass is 16.5. The predicted molar refractivity (Wildman–Crippen MR) is 47.0 cm³/mol. The summed E-state index contributed by atoms with van der Waals surface area (Å²) in [6, 6.07) is 6.12. The first-order valence-corrected chi connectivity index (χ1v) is 4.45. The Balaban J connectivity index is 2.08. The third-order valence-corrected chi connectivity index (χ3v) is 2.33. The summed E-state index contributed by atoms with van der Waals surface area (Å²) in [5, 5.41) is 0. The minimum absolute atomic E-state index is 0.625. The number of nitrogens with zero attached hydrogens (tertiary/aromatic N) is 1. The molecule has 0 aliphatic carbocycles. The third-order valence-electron chi connectivity index (χ3n) is 2.33. The first kappa shape index (κ1) is 7.74. The quantitative estimate of drug-likeness (QED) is 0.631. The number of ether oxygens (including phenoxy) is 1. The van der Waals surface area contributed by atoms with Gasteiger partial charge in [0.1, 0.15) is 0 Å². The molecule has 2 rings (SSSR count). The van der Waals surface area contributed by atoms with Crippen LogP contribution in [0, 0.1) is 0 Å². The summed E-state index contributed by atoms with van der Waals surface area (Å²) in [7, 11) is 0. The Kier molecular flexibility index (Phi) is 2.37. The lowest BCUT2D eigenvalue weighted by molar-refractivity contribution is 0.0845. The second kappa shape index (κ2) is 3.68. The fraction of sp³-hybridized carbons (Fsp3) is 0.500. The smallest absolute Gasteiger partial charge is 0.0472 e. The van der Waals surface area contributed by atoms with Gasteiger partial charge in [0.15, 0.2) is 0 Å². The zero-order valence-corrected chi connectivity index (χ0v) is 7.07. The van der Waals surface area contributed by atoms with Gasteiger partial charge in [-0.2, -0.15) is 0 Å². The zero-order valence-electron chi connectivity index (χ0n) is 7.07. The maximum Gasteiger partial charge on any atom is 0.0472 e. The second-order valence-corrected chi connectivity index (χ2v) is 3.14. The summed E-state index contributed by atoms with van der Waals surface area (Å²) in [6.07, 6.45) is 4.11. The van der Waals surface area contributed by atoms with Crippen LogP contribution in [0.15, 0.2) is 24.4 Å². The normalized spacial score (nSPS) is 19.3. The van der Waals surface area contributed by atoms with Crippen molar-refractivity contribution in [1.82, 2.24) is 4.98 Å². The topological polar surface area (TPSA) is 22.1 Å². The summed E-state index contributed by atoms with van der Waals surface area (Å²) in [6.45, 7) is 1.78. The van der Waals surface area contributed by atoms with Crippen molar-refractivity contribution in [3.05, 3.63) is 30.1 Å². The van der Waals surface area contributed by atoms with Crippen molar-refractivity contribution < 1.29 is 4.74 Å². The Bertz CT molecular complexity index is 229. The van der Waals surface area contributed by atoms with E-state index in [4.69, 9.17) is 4.74 Å². The maximum atomic E-state index is 5.29. The maximum absolute atomic E-state index is 5.29. The van der Waals surface area contributed by atoms with Crippen molar-refractivity contribution in [1.29, 1.82) is 0 Å². The molecule has 64 valence electrons. The molecule has 1 aliphatic rings. The Morgan fingerprint density at radius 1 is 1.25 bits per heavy atom. The zero-order chi connectivity index (χ0) is 8.23. The van der Waals surface area contributed by atoms with Gasteiger partial charge in [0.25, 0.3) is 0 Å². The Morgan fingerprint density at radius 2 is 2.08 bits per heavy atom. The standard InChI is InChI=1S/C10H13NO/c1-2-6-11-10(3-1)9-4-7-12-8-5-9/h1-3,6,9H,4-5,7-8H2. The van der Waals surface area contributed by atoms with Crippen LogP contribution in [0.25, 0.3) is 0 Å². The van der Waals surface area contributed by atoms with Gasteiger partial charge in [0.05, 0.1) is 0 Å². The first-order chi connectivity index (χ1) is 5.97. The van der Waals surface area contributed by atoms with Crippen molar-refractivity contribution in [3.8, 4) is 0 Å². The summed E-state index contributed by atoms with van der Waals surface area (Å²) in [4.78, 5) is 4.35. The molecule has 0 amide bonds. The number of hydrogen-bond donors (Lipinski definition) is 0. The second-order valence-electron chi connectivity index (χ2n) is 3.14. The molecule has 0 aromatic carbocycles. The van der Waals surface area contributed by atoms with Crippen molar-refractivity contribution in [2.75, 3.05) is 13.2 Å². The predicted octanol–water partition coefficient (Wildman–Crippen LogP) is 1.98. The van der Waals surface area contributed by atoms with Crippen molar-refractivity contribution in [3.63, 3.8) is 0 Å². The SMILES string of the molecule is c1ccc(C2CCOCC2)nc1. The van der Waals surface area contributed by atoms with Gasteiger partial charge in [0, 0.05) is 31.0 Å². The Morgan fingerprint density at radius 3 is 2.75 bits per heavy atom. The molecule has 1 aromatic heterocycles. The number of aromatic nitrogens is 1. The van der Waals surface area contributed by atoms with Crippen LogP contribution in [0.4, 0.5) is 0 Å². The van der Waals surface area contributed by atoms with Gasteiger partial charge in [-0.1, -0.05) is 6.07 Å². The largest absolute Gasteiger partial charge is 0.381 e. The highest BCUT2D eigenvalue weighted by Gasteiger charge is 2.15. The molecular formula is C10H13NO. The summed E-state index contributed by atoms with van der Waals surface area (Å²) in [5.41, 5.74) is 1.22. The van der Waals surface area contributed by atoms with Crippen molar-refractivity contribution in [2.45, 2.75) is 18.8 Å². The Labute approximate surface area is 72.6 Å². The van der Waals surface area contributed by atoms with Crippen LogP contribution in [-0.4, -0.2) is 18.2 Å². The minimum Gasteiger partial charge on any atom is -0.381 e. The van der Waals surface area contributed by atoms with E-state index in [9.17, 15) is 0 Å². The van der Waals surface area contributed by atoms with Crippen LogP contribution in [0.1, 0.15) is 24.5 Å².